The fraction of sp³-hybridized carbons (Fsp3) is 0.529. The van der Waals surface area contributed by atoms with Crippen molar-refractivity contribution >= 4 is 23.7 Å². The fourth-order valence-corrected chi connectivity index (χ4v) is 2.62. The molecule has 1 aromatic heterocycles. The normalized spacial score (nSPS) is 13.6. The number of nitrogens with one attached hydrogen (secondary N) is 1. The molecule has 142 valence electrons. The molecule has 1 fully saturated rings. The van der Waals surface area contributed by atoms with Gasteiger partial charge in [-0.3, -0.25) is 24.2 Å². The first-order chi connectivity index (χ1) is 12.5. The molecule has 0 aromatic carbocycles. The summed E-state index contributed by atoms with van der Waals surface area (Å²) < 4.78 is 9.77. The third-order valence-corrected chi connectivity index (χ3v) is 3.83. The quantitative estimate of drug-likeness (QED) is 0.680. The molecule has 1 aromatic rings. The van der Waals surface area contributed by atoms with Crippen molar-refractivity contribution in [3.05, 3.63) is 24.2 Å². The number of hydrazine groups is 1. The largest absolute Gasteiger partial charge is 0.466 e. The molecular weight excluding hydrogens is 342 g/mol. The SMILES string of the molecule is CCOC(=O)CCCC(=O)N1CCCN1C(=O)CNC(=O)c1ccco1. The minimum Gasteiger partial charge on any atom is -0.466 e. The zero-order chi connectivity index (χ0) is 18.9. The molecular formula is C17H23N3O6. The van der Waals surface area contributed by atoms with E-state index >= 15 is 0 Å². The molecule has 3 amide bonds. The summed E-state index contributed by atoms with van der Waals surface area (Å²) in [6.45, 7) is 2.66. The van der Waals surface area contributed by atoms with E-state index in [-0.39, 0.29) is 42.9 Å². The first kappa shape index (κ1) is 19.5. The van der Waals surface area contributed by atoms with Crippen LogP contribution in [0.2, 0.25) is 0 Å². The second-order valence-corrected chi connectivity index (χ2v) is 5.71. The first-order valence-electron chi connectivity index (χ1n) is 8.61. The van der Waals surface area contributed by atoms with Gasteiger partial charge >= 0.3 is 5.97 Å². The second kappa shape index (κ2) is 9.59. The van der Waals surface area contributed by atoms with Crippen LogP contribution in [0.3, 0.4) is 0 Å². The van der Waals surface area contributed by atoms with Crippen LogP contribution in [0.1, 0.15) is 43.2 Å². The summed E-state index contributed by atoms with van der Waals surface area (Å²) in [4.78, 5) is 47.7. The van der Waals surface area contributed by atoms with Crippen LogP contribution in [0.4, 0.5) is 0 Å². The summed E-state index contributed by atoms with van der Waals surface area (Å²) >= 11 is 0. The number of furan rings is 1. The first-order valence-corrected chi connectivity index (χ1v) is 8.61. The van der Waals surface area contributed by atoms with E-state index < -0.39 is 5.91 Å². The number of ether oxygens (including phenoxy) is 1. The van der Waals surface area contributed by atoms with E-state index in [0.29, 0.717) is 32.5 Å². The van der Waals surface area contributed by atoms with Gasteiger partial charge in [-0.2, -0.15) is 0 Å². The Hall–Kier alpha value is -2.84. The molecule has 0 atom stereocenters. The molecule has 1 N–H and O–H groups in total. The maximum Gasteiger partial charge on any atom is 0.305 e. The van der Waals surface area contributed by atoms with Crippen molar-refractivity contribution in [3.63, 3.8) is 0 Å². The summed E-state index contributed by atoms with van der Waals surface area (Å²) in [7, 11) is 0. The summed E-state index contributed by atoms with van der Waals surface area (Å²) in [5.74, 6) is -1.31. The van der Waals surface area contributed by atoms with Gasteiger partial charge in [0.25, 0.3) is 11.8 Å². The maximum atomic E-state index is 12.3. The van der Waals surface area contributed by atoms with Gasteiger partial charge in [-0.15, -0.1) is 0 Å². The van der Waals surface area contributed by atoms with Crippen molar-refractivity contribution < 1.29 is 28.3 Å². The highest BCUT2D eigenvalue weighted by Crippen LogP contribution is 2.14. The summed E-state index contributed by atoms with van der Waals surface area (Å²) in [6, 6.07) is 3.07. The number of hydrogen-bond acceptors (Lipinski definition) is 6. The summed E-state index contributed by atoms with van der Waals surface area (Å²) in [6.07, 6.45) is 2.72. The van der Waals surface area contributed by atoms with Gasteiger partial charge in [-0.05, 0) is 31.9 Å². The minimum absolute atomic E-state index is 0.117. The zero-order valence-electron chi connectivity index (χ0n) is 14.7. The highest BCUT2D eigenvalue weighted by molar-refractivity contribution is 5.94. The van der Waals surface area contributed by atoms with E-state index in [1.54, 1.807) is 13.0 Å². The van der Waals surface area contributed by atoms with Crippen LogP contribution in [0.25, 0.3) is 0 Å². The lowest BCUT2D eigenvalue weighted by Crippen LogP contribution is -2.48. The monoisotopic (exact) mass is 365 g/mol. The molecule has 2 rings (SSSR count). The van der Waals surface area contributed by atoms with Crippen LogP contribution in [-0.2, 0) is 19.1 Å². The Balaban J connectivity index is 1.78. The van der Waals surface area contributed by atoms with Crippen LogP contribution < -0.4 is 5.32 Å². The molecule has 26 heavy (non-hydrogen) atoms. The predicted octanol–water partition coefficient (Wildman–Crippen LogP) is 0.719. The van der Waals surface area contributed by atoms with Crippen molar-refractivity contribution in [3.8, 4) is 0 Å². The highest BCUT2D eigenvalue weighted by Gasteiger charge is 2.30. The number of esters is 1. The average molecular weight is 365 g/mol. The molecule has 1 saturated heterocycles. The Labute approximate surface area is 151 Å². The summed E-state index contributed by atoms with van der Waals surface area (Å²) in [5.41, 5.74) is 0. The van der Waals surface area contributed by atoms with Crippen LogP contribution in [0.5, 0.6) is 0 Å². The molecule has 1 aliphatic heterocycles. The van der Waals surface area contributed by atoms with Gasteiger partial charge in [0.05, 0.1) is 19.4 Å². The van der Waals surface area contributed by atoms with Crippen LogP contribution in [-0.4, -0.2) is 59.9 Å². The number of rotatable bonds is 8. The standard InChI is InChI=1S/C17H23N3O6/c1-2-25-16(23)8-3-7-14(21)19-9-5-10-20(19)15(22)12-18-17(24)13-6-4-11-26-13/h4,6,11H,2-3,5,7-10,12H2,1H3,(H,18,24). The number of carbonyl (C=O) groups excluding carboxylic acids is 4. The van der Waals surface area contributed by atoms with Crippen molar-refractivity contribution in [2.45, 2.75) is 32.6 Å². The van der Waals surface area contributed by atoms with Crippen LogP contribution >= 0.6 is 0 Å². The van der Waals surface area contributed by atoms with Gasteiger partial charge in [-0.1, -0.05) is 0 Å². The van der Waals surface area contributed by atoms with Crippen molar-refractivity contribution in [2.24, 2.45) is 0 Å². The average Bonchev–Trinajstić information content (AvgIpc) is 3.30. The molecule has 2 heterocycles. The molecule has 0 spiro atoms. The maximum absolute atomic E-state index is 12.3. The number of carbonyl (C=O) groups is 4. The topological polar surface area (TPSA) is 109 Å². The number of amides is 3. The third-order valence-electron chi connectivity index (χ3n) is 3.83. The van der Waals surface area contributed by atoms with Gasteiger partial charge in [0.2, 0.25) is 5.91 Å². The smallest absolute Gasteiger partial charge is 0.305 e. The lowest BCUT2D eigenvalue weighted by atomic mass is 10.2. The molecule has 1 aliphatic rings. The second-order valence-electron chi connectivity index (χ2n) is 5.71. The summed E-state index contributed by atoms with van der Waals surface area (Å²) in [5, 5.41) is 5.19. The van der Waals surface area contributed by atoms with Crippen LogP contribution in [0.15, 0.2) is 22.8 Å². The number of nitrogens with zero attached hydrogens (tertiary/aromatic N) is 2. The minimum atomic E-state index is -0.491. The van der Waals surface area contributed by atoms with E-state index in [4.69, 9.17) is 9.15 Å². The highest BCUT2D eigenvalue weighted by atomic mass is 16.5. The predicted molar refractivity (Wildman–Crippen MR) is 89.6 cm³/mol. The molecule has 0 aliphatic carbocycles. The van der Waals surface area contributed by atoms with Crippen LogP contribution in [0, 0.1) is 0 Å². The number of hydrogen-bond donors (Lipinski definition) is 1. The Kier molecular flexibility index (Phi) is 7.19. The van der Waals surface area contributed by atoms with Gasteiger partial charge in [0.1, 0.15) is 0 Å². The van der Waals surface area contributed by atoms with Gasteiger partial charge in [-0.25, -0.2) is 5.01 Å². The zero-order valence-corrected chi connectivity index (χ0v) is 14.7. The van der Waals surface area contributed by atoms with E-state index in [1.165, 1.54) is 22.3 Å². The van der Waals surface area contributed by atoms with Crippen molar-refractivity contribution in [1.82, 2.24) is 15.3 Å². The lowest BCUT2D eigenvalue weighted by molar-refractivity contribution is -0.157. The van der Waals surface area contributed by atoms with E-state index in [0.717, 1.165) is 0 Å². The molecule has 0 radical (unpaired) electrons. The Morgan fingerprint density at radius 2 is 1.88 bits per heavy atom. The Bertz CT molecular complexity index is 643. The van der Waals surface area contributed by atoms with Gasteiger partial charge in [0.15, 0.2) is 5.76 Å². The Morgan fingerprint density at radius 1 is 1.15 bits per heavy atom. The van der Waals surface area contributed by atoms with E-state index in [1.807, 2.05) is 0 Å². The van der Waals surface area contributed by atoms with Crippen molar-refractivity contribution in [1.29, 1.82) is 0 Å². The van der Waals surface area contributed by atoms with E-state index in [9.17, 15) is 19.2 Å². The lowest BCUT2D eigenvalue weighted by Gasteiger charge is -2.28. The fourth-order valence-electron chi connectivity index (χ4n) is 2.62. The molecule has 0 unspecified atom stereocenters. The Morgan fingerprint density at radius 3 is 2.54 bits per heavy atom. The molecule has 0 saturated carbocycles. The van der Waals surface area contributed by atoms with E-state index in [2.05, 4.69) is 5.32 Å². The molecule has 0 bridgehead atoms. The van der Waals surface area contributed by atoms with Gasteiger partial charge < -0.3 is 14.5 Å². The third kappa shape index (κ3) is 5.33. The van der Waals surface area contributed by atoms with Gasteiger partial charge in [0, 0.05) is 25.9 Å². The molecule has 9 nitrogen and oxygen atoms in total. The molecule has 9 heteroatoms. The van der Waals surface area contributed by atoms with Crippen molar-refractivity contribution in [2.75, 3.05) is 26.2 Å².